The molecule has 0 spiro atoms. The molecule has 1 N–H and O–H groups in total. The average molecular weight is 398 g/mol. The summed E-state index contributed by atoms with van der Waals surface area (Å²) in [5, 5.41) is 2.57. The highest BCUT2D eigenvalue weighted by Gasteiger charge is 2.41. The number of nitrogens with zero attached hydrogens (tertiary/aromatic N) is 1. The topological polar surface area (TPSA) is 110 Å². The van der Waals surface area contributed by atoms with E-state index in [9.17, 15) is 27.2 Å². The molecule has 0 bridgehead atoms. The predicted molar refractivity (Wildman–Crippen MR) is 93.2 cm³/mol. The molecular formula is C17H19FN2O6S. The van der Waals surface area contributed by atoms with Crippen LogP contribution in [0.25, 0.3) is 0 Å². The molecule has 2 fully saturated rings. The van der Waals surface area contributed by atoms with Gasteiger partial charge in [-0.2, -0.15) is 0 Å². The number of esters is 1. The van der Waals surface area contributed by atoms with Gasteiger partial charge in [-0.25, -0.2) is 17.6 Å². The molecule has 1 aromatic rings. The maximum atomic E-state index is 13.7. The second-order valence-corrected chi connectivity index (χ2v) is 8.91. The van der Waals surface area contributed by atoms with E-state index in [1.807, 2.05) is 0 Å². The molecule has 2 heterocycles. The first-order chi connectivity index (χ1) is 12.7. The maximum Gasteiger partial charge on any atom is 0.340 e. The number of halogens is 1. The monoisotopic (exact) mass is 398 g/mol. The normalized spacial score (nSPS) is 24.1. The number of sulfone groups is 1. The van der Waals surface area contributed by atoms with Crippen LogP contribution in [0.15, 0.2) is 18.2 Å². The van der Waals surface area contributed by atoms with Gasteiger partial charge in [0.05, 0.1) is 30.1 Å². The van der Waals surface area contributed by atoms with Crippen LogP contribution in [-0.4, -0.2) is 62.3 Å². The Morgan fingerprint density at radius 2 is 2.07 bits per heavy atom. The lowest BCUT2D eigenvalue weighted by molar-refractivity contribution is -0.129. The van der Waals surface area contributed by atoms with E-state index in [2.05, 4.69) is 10.1 Å². The second-order valence-electron chi connectivity index (χ2n) is 6.68. The molecule has 0 saturated carbocycles. The van der Waals surface area contributed by atoms with Gasteiger partial charge in [0, 0.05) is 24.7 Å². The van der Waals surface area contributed by atoms with E-state index in [1.165, 1.54) is 11.0 Å². The highest BCUT2D eigenvalue weighted by molar-refractivity contribution is 7.91. The lowest BCUT2D eigenvalue weighted by Gasteiger charge is -2.22. The van der Waals surface area contributed by atoms with Crippen molar-refractivity contribution >= 4 is 33.3 Å². The molecule has 2 saturated heterocycles. The largest absolute Gasteiger partial charge is 0.465 e. The van der Waals surface area contributed by atoms with Crippen molar-refractivity contribution in [2.75, 3.05) is 30.5 Å². The Bertz CT molecular complexity index is 901. The number of rotatable bonds is 4. The van der Waals surface area contributed by atoms with E-state index in [1.54, 1.807) is 0 Å². The number of carbonyl (C=O) groups is 3. The Balaban J connectivity index is 1.67. The van der Waals surface area contributed by atoms with Crippen molar-refractivity contribution in [1.82, 2.24) is 4.90 Å². The second kappa shape index (κ2) is 7.26. The van der Waals surface area contributed by atoms with E-state index < -0.39 is 39.5 Å². The number of nitrogens with one attached hydrogen (secondary N) is 1. The quantitative estimate of drug-likeness (QED) is 0.744. The molecule has 3 rings (SSSR count). The molecule has 27 heavy (non-hydrogen) atoms. The molecule has 2 aliphatic heterocycles. The molecule has 0 aliphatic carbocycles. The lowest BCUT2D eigenvalue weighted by Crippen LogP contribution is -2.38. The zero-order chi connectivity index (χ0) is 19.8. The zero-order valence-corrected chi connectivity index (χ0v) is 15.4. The zero-order valence-electron chi connectivity index (χ0n) is 14.6. The van der Waals surface area contributed by atoms with Crippen molar-refractivity contribution in [3.05, 3.63) is 29.6 Å². The number of hydrogen-bond acceptors (Lipinski definition) is 6. The van der Waals surface area contributed by atoms with E-state index in [4.69, 9.17) is 0 Å². The minimum Gasteiger partial charge on any atom is -0.465 e. The first-order valence-corrected chi connectivity index (χ1v) is 10.2. The van der Waals surface area contributed by atoms with Crippen LogP contribution in [0.4, 0.5) is 10.1 Å². The van der Waals surface area contributed by atoms with Crippen LogP contribution in [0.5, 0.6) is 0 Å². The molecule has 2 amide bonds. The smallest absolute Gasteiger partial charge is 0.340 e. The first-order valence-electron chi connectivity index (χ1n) is 8.39. The summed E-state index contributed by atoms with van der Waals surface area (Å²) < 4.78 is 41.4. The summed E-state index contributed by atoms with van der Waals surface area (Å²) in [6.07, 6.45) is 0.357. The molecular weight excluding hydrogens is 379 g/mol. The van der Waals surface area contributed by atoms with Crippen LogP contribution in [0.1, 0.15) is 23.2 Å². The Morgan fingerprint density at radius 3 is 2.70 bits per heavy atom. The third-order valence-electron chi connectivity index (χ3n) is 4.82. The first kappa shape index (κ1) is 19.3. The third kappa shape index (κ3) is 4.10. The number of ether oxygens (including phenoxy) is 1. The standard InChI is InChI=1S/C17H19FN2O6S/c1-26-17(23)13-7-11(2-3-14(13)18)19-16(22)10-6-15(21)20(8-10)12-4-5-27(24,25)9-12/h2-3,7,10,12H,4-6,8-9H2,1H3,(H,19,22)/t10-,12-/m0/s1. The summed E-state index contributed by atoms with van der Waals surface area (Å²) in [5.74, 6) is -3.02. The maximum absolute atomic E-state index is 13.7. The Morgan fingerprint density at radius 1 is 1.33 bits per heavy atom. The summed E-state index contributed by atoms with van der Waals surface area (Å²) in [4.78, 5) is 37.7. The minimum absolute atomic E-state index is 0.0204. The Hall–Kier alpha value is -2.49. The van der Waals surface area contributed by atoms with Gasteiger partial charge in [0.2, 0.25) is 11.8 Å². The number of hydrogen-bond donors (Lipinski definition) is 1. The number of anilines is 1. The number of benzene rings is 1. The van der Waals surface area contributed by atoms with Crippen LogP contribution in [0.3, 0.4) is 0 Å². The third-order valence-corrected chi connectivity index (χ3v) is 6.57. The van der Waals surface area contributed by atoms with E-state index >= 15 is 0 Å². The summed E-state index contributed by atoms with van der Waals surface area (Å²) in [5.41, 5.74) is -0.105. The van der Waals surface area contributed by atoms with Gasteiger partial charge in [-0.15, -0.1) is 0 Å². The van der Waals surface area contributed by atoms with Crippen LogP contribution in [0.2, 0.25) is 0 Å². The van der Waals surface area contributed by atoms with Crippen LogP contribution in [0, 0.1) is 11.7 Å². The van der Waals surface area contributed by atoms with Gasteiger partial charge < -0.3 is 15.0 Å². The average Bonchev–Trinajstić information content (AvgIpc) is 3.18. The van der Waals surface area contributed by atoms with Gasteiger partial charge in [0.25, 0.3) is 0 Å². The van der Waals surface area contributed by atoms with Crippen LogP contribution >= 0.6 is 0 Å². The predicted octanol–water partition coefficient (Wildman–Crippen LogP) is 0.586. The van der Waals surface area contributed by atoms with Crippen molar-refractivity contribution in [2.24, 2.45) is 5.92 Å². The van der Waals surface area contributed by atoms with Crippen molar-refractivity contribution in [3.63, 3.8) is 0 Å². The van der Waals surface area contributed by atoms with Gasteiger partial charge in [-0.3, -0.25) is 9.59 Å². The number of carbonyl (C=O) groups excluding carboxylic acids is 3. The molecule has 0 radical (unpaired) electrons. The lowest BCUT2D eigenvalue weighted by atomic mass is 10.1. The summed E-state index contributed by atoms with van der Waals surface area (Å²) in [7, 11) is -2.02. The fourth-order valence-corrected chi connectivity index (χ4v) is 5.13. The highest BCUT2D eigenvalue weighted by Crippen LogP contribution is 2.27. The molecule has 1 aromatic carbocycles. The number of amides is 2. The Kier molecular flexibility index (Phi) is 5.18. The van der Waals surface area contributed by atoms with Crippen LogP contribution in [-0.2, 0) is 24.2 Å². The summed E-state index contributed by atoms with van der Waals surface area (Å²) in [6, 6.07) is 3.11. The van der Waals surface area contributed by atoms with Crippen molar-refractivity contribution in [3.8, 4) is 0 Å². The van der Waals surface area contributed by atoms with E-state index in [0.29, 0.717) is 6.42 Å². The van der Waals surface area contributed by atoms with Gasteiger partial charge in [0.1, 0.15) is 5.82 Å². The highest BCUT2D eigenvalue weighted by atomic mass is 32.2. The molecule has 0 unspecified atom stereocenters. The molecule has 2 atom stereocenters. The summed E-state index contributed by atoms with van der Waals surface area (Å²) >= 11 is 0. The van der Waals surface area contributed by atoms with Gasteiger partial charge in [0.15, 0.2) is 9.84 Å². The van der Waals surface area contributed by atoms with Gasteiger partial charge >= 0.3 is 5.97 Å². The van der Waals surface area contributed by atoms with Gasteiger partial charge in [-0.05, 0) is 24.6 Å². The van der Waals surface area contributed by atoms with E-state index in [-0.39, 0.29) is 41.6 Å². The summed E-state index contributed by atoms with van der Waals surface area (Å²) in [6.45, 7) is 0.135. The van der Waals surface area contributed by atoms with Crippen molar-refractivity contribution < 1.29 is 31.9 Å². The molecule has 8 nitrogen and oxygen atoms in total. The van der Waals surface area contributed by atoms with Crippen molar-refractivity contribution in [2.45, 2.75) is 18.9 Å². The van der Waals surface area contributed by atoms with Crippen molar-refractivity contribution in [1.29, 1.82) is 0 Å². The van der Waals surface area contributed by atoms with E-state index in [0.717, 1.165) is 19.2 Å². The molecule has 0 aromatic heterocycles. The Labute approximate surface area is 155 Å². The van der Waals surface area contributed by atoms with Gasteiger partial charge in [-0.1, -0.05) is 0 Å². The fraction of sp³-hybridized carbons (Fsp3) is 0.471. The minimum atomic E-state index is -3.14. The molecule has 2 aliphatic rings. The molecule has 146 valence electrons. The molecule has 10 heteroatoms. The fourth-order valence-electron chi connectivity index (χ4n) is 3.40. The number of likely N-dealkylation sites (tertiary alicyclic amines) is 1. The van der Waals surface area contributed by atoms with Crippen LogP contribution < -0.4 is 5.32 Å². The SMILES string of the molecule is COC(=O)c1cc(NC(=O)[C@H]2CC(=O)N([C@H]3CCS(=O)(=O)C3)C2)ccc1F. The number of methoxy groups -OCH3 is 1.